The van der Waals surface area contributed by atoms with E-state index in [0.29, 0.717) is 5.75 Å². The van der Waals surface area contributed by atoms with E-state index < -0.39 is 14.1 Å². The quantitative estimate of drug-likeness (QED) is 0.387. The number of aryl methyl sites for hydroxylation is 1. The zero-order chi connectivity index (χ0) is 15.7. The van der Waals surface area contributed by atoms with Gasteiger partial charge in [-0.15, -0.1) is 0 Å². The fourth-order valence-corrected chi connectivity index (χ4v) is 2.57. The number of phosphoric acid groups is 1. The van der Waals surface area contributed by atoms with E-state index in [1.54, 1.807) is 6.07 Å². The highest BCUT2D eigenvalue weighted by molar-refractivity contribution is 7.46. The first-order chi connectivity index (χ1) is 9.92. The van der Waals surface area contributed by atoms with Crippen molar-refractivity contribution in [3.05, 3.63) is 29.8 Å². The number of rotatable bonds is 10. The zero-order valence-electron chi connectivity index (χ0n) is 12.7. The van der Waals surface area contributed by atoms with Crippen LogP contribution in [-0.2, 0) is 15.5 Å². The van der Waals surface area contributed by atoms with Crippen molar-refractivity contribution in [1.29, 1.82) is 0 Å². The molecule has 0 bridgehead atoms. The van der Waals surface area contributed by atoms with Crippen LogP contribution in [0.15, 0.2) is 24.3 Å². The van der Waals surface area contributed by atoms with E-state index in [-0.39, 0.29) is 0 Å². The molecule has 0 radical (unpaired) electrons. The first kappa shape index (κ1) is 18.2. The summed E-state index contributed by atoms with van der Waals surface area (Å²) in [6.07, 6.45) is 5.86. The summed E-state index contributed by atoms with van der Waals surface area (Å²) in [6.45, 7) is 3.66. The summed E-state index contributed by atoms with van der Waals surface area (Å²) in [5.74, 6) is 0.619. The van der Waals surface area contributed by atoms with Crippen LogP contribution < -0.4 is 4.74 Å². The van der Waals surface area contributed by atoms with Gasteiger partial charge in [0.15, 0.2) is 0 Å². The SMILES string of the molecule is CCCCCCCc1ccccc1OC(C)OP(=O)(O)O. The average molecular weight is 316 g/mol. The molecule has 1 rings (SSSR count). The third-order valence-electron chi connectivity index (χ3n) is 3.10. The maximum absolute atomic E-state index is 10.8. The van der Waals surface area contributed by atoms with Crippen LogP contribution in [0.25, 0.3) is 0 Å². The Bertz CT molecular complexity index is 457. The van der Waals surface area contributed by atoms with Gasteiger partial charge in [-0.1, -0.05) is 50.8 Å². The van der Waals surface area contributed by atoms with Gasteiger partial charge in [-0.3, -0.25) is 0 Å². The molecule has 0 fully saturated rings. The Hall–Kier alpha value is -0.870. The summed E-state index contributed by atoms with van der Waals surface area (Å²) in [7, 11) is -4.53. The molecule has 1 unspecified atom stereocenters. The Morgan fingerprint density at radius 2 is 1.81 bits per heavy atom. The third kappa shape index (κ3) is 8.22. The van der Waals surface area contributed by atoms with Crippen molar-refractivity contribution in [3.8, 4) is 5.75 Å². The van der Waals surface area contributed by atoms with E-state index in [0.717, 1.165) is 18.4 Å². The van der Waals surface area contributed by atoms with Crippen LogP contribution >= 0.6 is 7.82 Å². The van der Waals surface area contributed by atoms with Gasteiger partial charge in [-0.05, 0) is 31.4 Å². The molecule has 6 heteroatoms. The van der Waals surface area contributed by atoms with E-state index in [1.165, 1.54) is 32.6 Å². The second-order valence-corrected chi connectivity index (χ2v) is 6.25. The normalized spacial score (nSPS) is 13.1. The van der Waals surface area contributed by atoms with Crippen LogP contribution in [0, 0.1) is 0 Å². The predicted octanol–water partition coefficient (Wildman–Crippen LogP) is 4.03. The Morgan fingerprint density at radius 3 is 2.48 bits per heavy atom. The molecule has 1 aromatic carbocycles. The number of phosphoric ester groups is 1. The summed E-state index contributed by atoms with van der Waals surface area (Å²) in [6, 6.07) is 7.53. The minimum Gasteiger partial charge on any atom is -0.464 e. The van der Waals surface area contributed by atoms with E-state index in [9.17, 15) is 4.57 Å². The molecule has 0 saturated carbocycles. The molecule has 0 aliphatic heterocycles. The summed E-state index contributed by atoms with van der Waals surface area (Å²) in [5, 5.41) is 0. The maximum atomic E-state index is 10.8. The van der Waals surface area contributed by atoms with Crippen LogP contribution in [0.5, 0.6) is 5.75 Å². The fourth-order valence-electron chi connectivity index (χ4n) is 2.14. The van der Waals surface area contributed by atoms with Gasteiger partial charge in [0.2, 0.25) is 6.29 Å². The van der Waals surface area contributed by atoms with Gasteiger partial charge >= 0.3 is 7.82 Å². The fraction of sp³-hybridized carbons (Fsp3) is 0.600. The van der Waals surface area contributed by atoms with Gasteiger partial charge in [0, 0.05) is 0 Å². The second-order valence-electron chi connectivity index (χ2n) is 5.05. The second kappa shape index (κ2) is 9.21. The van der Waals surface area contributed by atoms with E-state index in [2.05, 4.69) is 11.4 Å². The molecular weight excluding hydrogens is 291 g/mol. The predicted molar refractivity (Wildman–Crippen MR) is 82.1 cm³/mol. The van der Waals surface area contributed by atoms with Crippen LogP contribution in [-0.4, -0.2) is 16.1 Å². The molecule has 0 amide bonds. The molecule has 0 aliphatic carbocycles. The molecule has 0 heterocycles. The third-order valence-corrected chi connectivity index (χ3v) is 3.67. The molecule has 5 nitrogen and oxygen atoms in total. The van der Waals surface area contributed by atoms with Crippen molar-refractivity contribution in [2.45, 2.75) is 58.7 Å². The number of hydrogen-bond acceptors (Lipinski definition) is 3. The smallest absolute Gasteiger partial charge is 0.464 e. The Labute approximate surface area is 126 Å². The van der Waals surface area contributed by atoms with Gasteiger partial charge in [0.05, 0.1) is 0 Å². The number of ether oxygens (including phenoxy) is 1. The lowest BCUT2D eigenvalue weighted by Crippen LogP contribution is -2.15. The van der Waals surface area contributed by atoms with Crippen LogP contribution in [0.3, 0.4) is 0 Å². The number of unbranched alkanes of at least 4 members (excludes halogenated alkanes) is 4. The topological polar surface area (TPSA) is 76.0 Å². The highest BCUT2D eigenvalue weighted by Crippen LogP contribution is 2.38. The molecular formula is C15H25O5P. The van der Waals surface area contributed by atoms with Gasteiger partial charge in [0.1, 0.15) is 5.75 Å². The monoisotopic (exact) mass is 316 g/mol. The van der Waals surface area contributed by atoms with Crippen molar-refractivity contribution in [1.82, 2.24) is 0 Å². The first-order valence-corrected chi connectivity index (χ1v) is 8.94. The van der Waals surface area contributed by atoms with E-state index in [4.69, 9.17) is 14.5 Å². The largest absolute Gasteiger partial charge is 0.472 e. The van der Waals surface area contributed by atoms with E-state index >= 15 is 0 Å². The lowest BCUT2D eigenvalue weighted by molar-refractivity contribution is -0.00148. The molecule has 1 aromatic rings. The zero-order valence-corrected chi connectivity index (χ0v) is 13.6. The Kier molecular flexibility index (Phi) is 7.97. The molecule has 120 valence electrons. The Morgan fingerprint density at radius 1 is 1.14 bits per heavy atom. The molecule has 1 atom stereocenters. The molecule has 0 spiro atoms. The molecule has 0 saturated heterocycles. The molecule has 0 aromatic heterocycles. The van der Waals surface area contributed by atoms with Crippen LogP contribution in [0.2, 0.25) is 0 Å². The number of hydrogen-bond donors (Lipinski definition) is 2. The average Bonchev–Trinajstić information content (AvgIpc) is 2.38. The lowest BCUT2D eigenvalue weighted by Gasteiger charge is -2.18. The highest BCUT2D eigenvalue weighted by atomic mass is 31.2. The summed E-state index contributed by atoms with van der Waals surface area (Å²) in [4.78, 5) is 17.5. The van der Waals surface area contributed by atoms with Crippen molar-refractivity contribution < 1.29 is 23.6 Å². The van der Waals surface area contributed by atoms with Crippen molar-refractivity contribution >= 4 is 7.82 Å². The van der Waals surface area contributed by atoms with E-state index in [1.807, 2.05) is 18.2 Å². The van der Waals surface area contributed by atoms with Crippen LogP contribution in [0.1, 0.15) is 51.5 Å². The standard InChI is InChI=1S/C15H25O5P/c1-3-4-5-6-7-10-14-11-8-9-12-15(14)19-13(2)20-21(16,17)18/h8-9,11-13H,3-7,10H2,1-2H3,(H2,16,17,18). The summed E-state index contributed by atoms with van der Waals surface area (Å²) in [5.41, 5.74) is 1.04. The molecule has 21 heavy (non-hydrogen) atoms. The number of benzene rings is 1. The van der Waals surface area contributed by atoms with Gasteiger partial charge in [-0.25, -0.2) is 9.09 Å². The minimum atomic E-state index is -4.53. The molecule has 0 aliphatic rings. The Balaban J connectivity index is 2.52. The highest BCUT2D eigenvalue weighted by Gasteiger charge is 2.20. The van der Waals surface area contributed by atoms with Gasteiger partial charge in [-0.2, -0.15) is 0 Å². The molecule has 2 N–H and O–H groups in total. The summed E-state index contributed by atoms with van der Waals surface area (Å²) < 4.78 is 20.8. The van der Waals surface area contributed by atoms with Crippen LogP contribution in [0.4, 0.5) is 0 Å². The lowest BCUT2D eigenvalue weighted by atomic mass is 10.0. The van der Waals surface area contributed by atoms with Crippen molar-refractivity contribution in [3.63, 3.8) is 0 Å². The summed E-state index contributed by atoms with van der Waals surface area (Å²) >= 11 is 0. The van der Waals surface area contributed by atoms with Crippen molar-refractivity contribution in [2.75, 3.05) is 0 Å². The first-order valence-electron chi connectivity index (χ1n) is 7.41. The maximum Gasteiger partial charge on any atom is 0.472 e. The van der Waals surface area contributed by atoms with Gasteiger partial charge < -0.3 is 14.5 Å². The van der Waals surface area contributed by atoms with Crippen molar-refractivity contribution in [2.24, 2.45) is 0 Å². The number of para-hydroxylation sites is 1. The minimum absolute atomic E-state index is 0.619. The van der Waals surface area contributed by atoms with Gasteiger partial charge in [0.25, 0.3) is 0 Å².